The first-order valence-corrected chi connectivity index (χ1v) is 8.53. The van der Waals surface area contributed by atoms with Crippen molar-refractivity contribution in [3.8, 4) is 5.75 Å². The van der Waals surface area contributed by atoms with Crippen LogP contribution >= 0.6 is 0 Å². The van der Waals surface area contributed by atoms with Gasteiger partial charge in [0.2, 0.25) is 5.91 Å². The summed E-state index contributed by atoms with van der Waals surface area (Å²) in [6.45, 7) is 4.14. The number of carbonyl (C=O) groups is 1. The van der Waals surface area contributed by atoms with Crippen molar-refractivity contribution in [3.63, 3.8) is 0 Å². The summed E-state index contributed by atoms with van der Waals surface area (Å²) in [5.41, 5.74) is 1.75. The number of hydrogen-bond acceptors (Lipinski definition) is 4. The van der Waals surface area contributed by atoms with Crippen molar-refractivity contribution in [1.82, 2.24) is 4.90 Å². The highest BCUT2D eigenvalue weighted by molar-refractivity contribution is 5.95. The van der Waals surface area contributed by atoms with Crippen LogP contribution in [0.15, 0.2) is 54.6 Å². The maximum absolute atomic E-state index is 13.0. The molecule has 132 valence electrons. The molecule has 5 heteroatoms. The molecule has 2 aromatic carbocycles. The maximum Gasteiger partial charge on any atom is 0.246 e. The van der Waals surface area contributed by atoms with Crippen LogP contribution in [0.25, 0.3) is 0 Å². The molecule has 1 aliphatic rings. The lowest BCUT2D eigenvalue weighted by molar-refractivity contribution is -0.124. The van der Waals surface area contributed by atoms with Crippen molar-refractivity contribution in [1.29, 1.82) is 0 Å². The molecule has 2 aromatic rings. The molecule has 0 spiro atoms. The third-order valence-corrected chi connectivity index (χ3v) is 4.36. The zero-order valence-corrected chi connectivity index (χ0v) is 14.6. The standard InChI is InChI=1S/C20H24N2O3/c1-15-14-22(12-13-25-15)19(16-6-4-3-5-7-16)20(23)21-17-8-10-18(24-2)11-9-17/h3-11,15,19H,12-14H2,1-2H3,(H,21,23). The molecule has 1 saturated heterocycles. The quantitative estimate of drug-likeness (QED) is 0.909. The summed E-state index contributed by atoms with van der Waals surface area (Å²) in [6.07, 6.45) is 0.119. The number of ether oxygens (including phenoxy) is 2. The first kappa shape index (κ1) is 17.5. The minimum atomic E-state index is -0.338. The number of benzene rings is 2. The van der Waals surface area contributed by atoms with Gasteiger partial charge in [-0.3, -0.25) is 9.69 Å². The van der Waals surface area contributed by atoms with E-state index in [-0.39, 0.29) is 18.1 Å². The lowest BCUT2D eigenvalue weighted by Crippen LogP contribution is -2.46. The van der Waals surface area contributed by atoms with E-state index >= 15 is 0 Å². The Morgan fingerprint density at radius 3 is 2.56 bits per heavy atom. The van der Waals surface area contributed by atoms with E-state index in [4.69, 9.17) is 9.47 Å². The van der Waals surface area contributed by atoms with Gasteiger partial charge in [0.15, 0.2) is 0 Å². The van der Waals surface area contributed by atoms with Crippen LogP contribution in [0, 0.1) is 0 Å². The summed E-state index contributed by atoms with van der Waals surface area (Å²) in [4.78, 5) is 15.2. The molecule has 1 heterocycles. The number of amides is 1. The summed E-state index contributed by atoms with van der Waals surface area (Å²) >= 11 is 0. The van der Waals surface area contributed by atoms with Crippen molar-refractivity contribution < 1.29 is 14.3 Å². The normalized spacial score (nSPS) is 19.2. The predicted molar refractivity (Wildman–Crippen MR) is 97.8 cm³/mol. The molecular weight excluding hydrogens is 316 g/mol. The second-order valence-corrected chi connectivity index (χ2v) is 6.21. The summed E-state index contributed by atoms with van der Waals surface area (Å²) in [7, 11) is 1.62. The van der Waals surface area contributed by atoms with Gasteiger partial charge in [-0.2, -0.15) is 0 Å². The van der Waals surface area contributed by atoms with E-state index in [9.17, 15) is 4.79 Å². The summed E-state index contributed by atoms with van der Waals surface area (Å²) in [5.74, 6) is 0.727. The minimum absolute atomic E-state index is 0.0366. The van der Waals surface area contributed by atoms with Gasteiger partial charge in [-0.25, -0.2) is 0 Å². The van der Waals surface area contributed by atoms with E-state index in [2.05, 4.69) is 10.2 Å². The molecule has 3 rings (SSSR count). The number of morpholine rings is 1. The van der Waals surface area contributed by atoms with E-state index in [0.717, 1.165) is 30.1 Å². The Labute approximate surface area is 148 Å². The highest BCUT2D eigenvalue weighted by atomic mass is 16.5. The highest BCUT2D eigenvalue weighted by Gasteiger charge is 2.31. The van der Waals surface area contributed by atoms with Crippen LogP contribution in [0.2, 0.25) is 0 Å². The van der Waals surface area contributed by atoms with E-state index in [1.807, 2.05) is 61.5 Å². The number of rotatable bonds is 5. The molecule has 1 aliphatic heterocycles. The highest BCUT2D eigenvalue weighted by Crippen LogP contribution is 2.25. The number of hydrogen-bond donors (Lipinski definition) is 1. The molecule has 25 heavy (non-hydrogen) atoms. The van der Waals surface area contributed by atoms with Crippen molar-refractivity contribution in [2.75, 3.05) is 32.1 Å². The van der Waals surface area contributed by atoms with Gasteiger partial charge in [0.05, 0.1) is 19.8 Å². The lowest BCUT2D eigenvalue weighted by atomic mass is 10.0. The first-order valence-electron chi connectivity index (χ1n) is 8.53. The third kappa shape index (κ3) is 4.38. The molecular formula is C20H24N2O3. The van der Waals surface area contributed by atoms with Gasteiger partial charge in [0, 0.05) is 18.8 Å². The number of anilines is 1. The van der Waals surface area contributed by atoms with Crippen molar-refractivity contribution in [3.05, 3.63) is 60.2 Å². The average Bonchev–Trinajstić information content (AvgIpc) is 2.63. The van der Waals surface area contributed by atoms with Crippen LogP contribution in [0.5, 0.6) is 5.75 Å². The fraction of sp³-hybridized carbons (Fsp3) is 0.350. The Morgan fingerprint density at radius 2 is 1.92 bits per heavy atom. The Morgan fingerprint density at radius 1 is 1.20 bits per heavy atom. The minimum Gasteiger partial charge on any atom is -0.497 e. The molecule has 5 nitrogen and oxygen atoms in total. The van der Waals surface area contributed by atoms with Gasteiger partial charge in [0.1, 0.15) is 11.8 Å². The molecule has 1 N–H and O–H groups in total. The monoisotopic (exact) mass is 340 g/mol. The van der Waals surface area contributed by atoms with Gasteiger partial charge < -0.3 is 14.8 Å². The van der Waals surface area contributed by atoms with Crippen molar-refractivity contribution >= 4 is 11.6 Å². The molecule has 0 aliphatic carbocycles. The Hall–Kier alpha value is -2.37. The molecule has 0 radical (unpaired) electrons. The van der Waals surface area contributed by atoms with Gasteiger partial charge in [-0.1, -0.05) is 30.3 Å². The molecule has 0 bridgehead atoms. The van der Waals surface area contributed by atoms with Gasteiger partial charge in [-0.05, 0) is 36.8 Å². The SMILES string of the molecule is COc1ccc(NC(=O)C(c2ccccc2)N2CCOC(C)C2)cc1. The van der Waals surface area contributed by atoms with Crippen LogP contribution in [0.3, 0.4) is 0 Å². The van der Waals surface area contributed by atoms with Crippen LogP contribution in [0.4, 0.5) is 5.69 Å². The third-order valence-electron chi connectivity index (χ3n) is 4.36. The fourth-order valence-electron chi connectivity index (χ4n) is 3.13. The number of nitrogens with zero attached hydrogens (tertiary/aromatic N) is 1. The van der Waals surface area contributed by atoms with Gasteiger partial charge in [0.25, 0.3) is 0 Å². The summed E-state index contributed by atoms with van der Waals surface area (Å²) in [6, 6.07) is 16.9. The molecule has 2 unspecified atom stereocenters. The van der Waals surface area contributed by atoms with Crippen molar-refractivity contribution in [2.24, 2.45) is 0 Å². The second-order valence-electron chi connectivity index (χ2n) is 6.21. The number of carbonyl (C=O) groups excluding carboxylic acids is 1. The average molecular weight is 340 g/mol. The van der Waals surface area contributed by atoms with Crippen LogP contribution in [-0.4, -0.2) is 43.7 Å². The maximum atomic E-state index is 13.0. The Kier molecular flexibility index (Phi) is 5.68. The second kappa shape index (κ2) is 8.14. The van der Waals surface area contributed by atoms with Crippen LogP contribution in [-0.2, 0) is 9.53 Å². The fourth-order valence-corrected chi connectivity index (χ4v) is 3.13. The smallest absolute Gasteiger partial charge is 0.246 e. The van der Waals surface area contributed by atoms with Crippen LogP contribution in [0.1, 0.15) is 18.5 Å². The Bertz CT molecular complexity index is 688. The zero-order valence-electron chi connectivity index (χ0n) is 14.6. The predicted octanol–water partition coefficient (Wildman–Crippen LogP) is 3.10. The summed E-state index contributed by atoms with van der Waals surface area (Å²) in [5, 5.41) is 3.03. The molecule has 0 saturated carbocycles. The number of methoxy groups -OCH3 is 1. The summed E-state index contributed by atoms with van der Waals surface area (Å²) < 4.78 is 10.8. The van der Waals surface area contributed by atoms with Crippen molar-refractivity contribution in [2.45, 2.75) is 19.1 Å². The first-order chi connectivity index (χ1) is 12.2. The van der Waals surface area contributed by atoms with Gasteiger partial charge >= 0.3 is 0 Å². The Balaban J connectivity index is 1.81. The van der Waals surface area contributed by atoms with E-state index < -0.39 is 0 Å². The largest absolute Gasteiger partial charge is 0.497 e. The zero-order chi connectivity index (χ0) is 17.6. The van der Waals surface area contributed by atoms with E-state index in [1.54, 1.807) is 7.11 Å². The lowest BCUT2D eigenvalue weighted by Gasteiger charge is -2.36. The number of nitrogens with one attached hydrogen (secondary N) is 1. The van der Waals surface area contributed by atoms with Crippen LogP contribution < -0.4 is 10.1 Å². The topological polar surface area (TPSA) is 50.8 Å². The molecule has 1 amide bonds. The van der Waals surface area contributed by atoms with Gasteiger partial charge in [-0.15, -0.1) is 0 Å². The molecule has 2 atom stereocenters. The van der Waals surface area contributed by atoms with E-state index in [0.29, 0.717) is 6.61 Å². The molecule has 1 fully saturated rings. The van der Waals surface area contributed by atoms with E-state index in [1.165, 1.54) is 0 Å². The molecule has 0 aromatic heterocycles.